The van der Waals surface area contributed by atoms with Crippen LogP contribution in [-0.4, -0.2) is 57.4 Å². The van der Waals surface area contributed by atoms with Crippen LogP contribution in [0.15, 0.2) is 121 Å². The van der Waals surface area contributed by atoms with Crippen molar-refractivity contribution in [3.8, 4) is 11.4 Å². The van der Waals surface area contributed by atoms with Gasteiger partial charge in [-0.25, -0.2) is 0 Å². The van der Waals surface area contributed by atoms with E-state index in [2.05, 4.69) is 0 Å². The van der Waals surface area contributed by atoms with Gasteiger partial charge in [0.1, 0.15) is 0 Å². The van der Waals surface area contributed by atoms with E-state index in [0.29, 0.717) is 33.6 Å². The fourth-order valence-corrected chi connectivity index (χ4v) is 12.4. The van der Waals surface area contributed by atoms with E-state index in [-0.39, 0.29) is 37.8 Å². The van der Waals surface area contributed by atoms with Gasteiger partial charge in [-0.3, -0.25) is 0 Å². The second kappa shape index (κ2) is 12.3. The van der Waals surface area contributed by atoms with Crippen LogP contribution in [0.1, 0.15) is 43.2 Å². The van der Waals surface area contributed by atoms with E-state index in [0.717, 1.165) is 20.6 Å². The van der Waals surface area contributed by atoms with Gasteiger partial charge in [-0.2, -0.15) is 0 Å². The van der Waals surface area contributed by atoms with Crippen molar-refractivity contribution in [1.82, 2.24) is 19.6 Å². The Bertz CT molecular complexity index is 1730. The fraction of sp³-hybridized carbons (Fsp3) is 0.0588. The molecule has 0 atom stereocenters. The summed E-state index contributed by atoms with van der Waals surface area (Å²) < 4.78 is 5.58. The van der Waals surface area contributed by atoms with Crippen molar-refractivity contribution in [1.29, 1.82) is 0 Å². The molecule has 0 bridgehead atoms. The maximum absolute atomic E-state index is 13.9. The zero-order valence-electron chi connectivity index (χ0n) is 23.0. The molecule has 206 valence electrons. The average molecular weight is 681 g/mol. The molecule has 0 spiro atoms. The monoisotopic (exact) mass is 682 g/mol. The van der Waals surface area contributed by atoms with Gasteiger partial charge >= 0.3 is 256 Å². The Kier molecular flexibility index (Phi) is 8.13. The molecule has 6 rings (SSSR count). The minimum absolute atomic E-state index is 0.0451. The number of hydrogen-bond acceptors (Lipinski definition) is 4. The Morgan fingerprint density at radius 2 is 0.810 bits per heavy atom. The van der Waals surface area contributed by atoms with Crippen molar-refractivity contribution in [3.05, 3.63) is 155 Å². The van der Waals surface area contributed by atoms with Crippen molar-refractivity contribution in [2.24, 2.45) is 0 Å². The van der Waals surface area contributed by atoms with Gasteiger partial charge in [0, 0.05) is 0 Å². The van der Waals surface area contributed by atoms with Gasteiger partial charge in [0.15, 0.2) is 0 Å². The minimum atomic E-state index is -0.228. The number of rotatable bonds is 9. The van der Waals surface area contributed by atoms with Crippen LogP contribution >= 0.6 is 0 Å². The zero-order chi connectivity index (χ0) is 29.1. The van der Waals surface area contributed by atoms with Crippen molar-refractivity contribution in [2.75, 3.05) is 0 Å². The van der Waals surface area contributed by atoms with E-state index in [4.69, 9.17) is 10.2 Å². The Labute approximate surface area is 255 Å². The Morgan fingerprint density at radius 1 is 0.500 bits per heavy atom. The summed E-state index contributed by atoms with van der Waals surface area (Å²) in [5, 5.41) is 9.73. The summed E-state index contributed by atoms with van der Waals surface area (Å²) in [6, 6.07) is 38.5. The number of aryl methyl sites for hydroxylation is 2. The van der Waals surface area contributed by atoms with Crippen molar-refractivity contribution in [2.45, 2.75) is 13.8 Å². The van der Waals surface area contributed by atoms with Gasteiger partial charge in [-0.1, -0.05) is 0 Å². The van der Waals surface area contributed by atoms with Crippen LogP contribution in [0.3, 0.4) is 0 Å². The number of nitrogens with zero attached hydrogens (tertiary/aromatic N) is 4. The standard InChI is InChI=1S/C34H26N4O2Se2/c1-23-29(31(39)25-15-7-3-8-16-25)33(37(35-23)27-19-11-5-12-20-27)41-42-34-30(32(40)26-17-9-4-10-18-26)24(2)36-38(34)28-21-13-6-14-22-28/h3-22H,1-2H3. The molecule has 0 aliphatic heterocycles. The molecule has 0 aliphatic carbocycles. The van der Waals surface area contributed by atoms with Crippen molar-refractivity contribution < 1.29 is 9.59 Å². The molecule has 0 amide bonds. The van der Waals surface area contributed by atoms with E-state index in [9.17, 15) is 9.59 Å². The van der Waals surface area contributed by atoms with Crippen LogP contribution < -0.4 is 9.18 Å². The normalized spacial score (nSPS) is 11.0. The summed E-state index contributed by atoms with van der Waals surface area (Å²) in [7, 11) is 0. The summed E-state index contributed by atoms with van der Waals surface area (Å²) in [4.78, 5) is 27.8. The van der Waals surface area contributed by atoms with Gasteiger partial charge in [-0.05, 0) is 0 Å². The topological polar surface area (TPSA) is 69.8 Å². The molecule has 6 aromatic rings. The number of benzene rings is 4. The number of carbonyl (C=O) groups is 2. The fourth-order valence-electron chi connectivity index (χ4n) is 4.72. The number of aromatic nitrogens is 4. The molecule has 0 aliphatic rings. The van der Waals surface area contributed by atoms with Gasteiger partial charge in [0.2, 0.25) is 0 Å². The first-order valence-corrected chi connectivity index (χ1v) is 19.4. The summed E-state index contributed by atoms with van der Waals surface area (Å²) in [6.45, 7) is 3.79. The molecule has 8 heteroatoms. The van der Waals surface area contributed by atoms with E-state index in [1.54, 1.807) is 0 Å². The average Bonchev–Trinajstić information content (AvgIpc) is 3.56. The van der Waals surface area contributed by atoms with Crippen LogP contribution in [0, 0.1) is 13.8 Å². The summed E-state index contributed by atoms with van der Waals surface area (Å²) >= 11 is -0.455. The third-order valence-electron chi connectivity index (χ3n) is 6.76. The van der Waals surface area contributed by atoms with Crippen LogP contribution in [0.4, 0.5) is 0 Å². The molecule has 0 saturated carbocycles. The number of carbonyl (C=O) groups excluding carboxylic acids is 2. The molecular formula is C34H26N4O2Se2. The molecule has 42 heavy (non-hydrogen) atoms. The Hall–Kier alpha value is -4.32. The molecule has 2 heterocycles. The summed E-state index contributed by atoms with van der Waals surface area (Å²) in [6.07, 6.45) is 0. The molecule has 0 N–H and O–H groups in total. The van der Waals surface area contributed by atoms with Gasteiger partial charge < -0.3 is 0 Å². The molecule has 0 unspecified atom stereocenters. The molecule has 4 aromatic carbocycles. The number of hydrogen-bond donors (Lipinski definition) is 0. The van der Waals surface area contributed by atoms with Crippen LogP contribution in [0.2, 0.25) is 0 Å². The second-order valence-electron chi connectivity index (χ2n) is 9.58. The first-order chi connectivity index (χ1) is 20.5. The summed E-state index contributed by atoms with van der Waals surface area (Å²) in [5.41, 5.74) is 5.69. The van der Waals surface area contributed by atoms with E-state index < -0.39 is 0 Å². The van der Waals surface area contributed by atoms with Crippen molar-refractivity contribution >= 4 is 47.0 Å². The van der Waals surface area contributed by atoms with Crippen LogP contribution in [-0.2, 0) is 0 Å². The van der Waals surface area contributed by atoms with E-state index in [1.165, 1.54) is 0 Å². The van der Waals surface area contributed by atoms with Crippen LogP contribution in [0.5, 0.6) is 0 Å². The third kappa shape index (κ3) is 5.46. The molecule has 0 fully saturated rings. The van der Waals surface area contributed by atoms with E-state index in [1.807, 2.05) is 145 Å². The predicted molar refractivity (Wildman–Crippen MR) is 167 cm³/mol. The molecule has 0 saturated heterocycles. The van der Waals surface area contributed by atoms with Gasteiger partial charge in [0.05, 0.1) is 0 Å². The Morgan fingerprint density at radius 3 is 1.14 bits per heavy atom. The first-order valence-electron chi connectivity index (χ1n) is 13.4. The van der Waals surface area contributed by atoms with Gasteiger partial charge in [0.25, 0.3) is 0 Å². The molecule has 0 radical (unpaired) electrons. The zero-order valence-corrected chi connectivity index (χ0v) is 26.4. The molecule has 2 aromatic heterocycles. The number of para-hydroxylation sites is 2. The first kappa shape index (κ1) is 27.8. The molecular weight excluding hydrogens is 654 g/mol. The quantitative estimate of drug-likeness (QED) is 0.168. The third-order valence-corrected chi connectivity index (χ3v) is 13.5. The SMILES string of the molecule is Cc1nn(-c2ccccc2)c([Se][Se]c2c(C(=O)c3ccccc3)c(C)nn2-c2ccccc2)c1C(=O)c1ccccc1. The molecule has 6 nitrogen and oxygen atoms in total. The second-order valence-corrected chi connectivity index (χ2v) is 15.5. The van der Waals surface area contributed by atoms with Crippen LogP contribution in [0.25, 0.3) is 11.4 Å². The van der Waals surface area contributed by atoms with Gasteiger partial charge in [-0.15, -0.1) is 0 Å². The van der Waals surface area contributed by atoms with Crippen molar-refractivity contribution in [3.63, 3.8) is 0 Å². The number of ketones is 2. The van der Waals surface area contributed by atoms with E-state index >= 15 is 0 Å². The maximum atomic E-state index is 13.9. The predicted octanol–water partition coefficient (Wildman–Crippen LogP) is 4.41. The Balaban J connectivity index is 1.48. The summed E-state index contributed by atoms with van der Waals surface area (Å²) in [5.74, 6) is -0.0902.